The van der Waals surface area contributed by atoms with Crippen molar-refractivity contribution in [2.24, 2.45) is 5.92 Å². The SMILES string of the molecule is CC(C)CC(C)OCCNCC(F)(F)F. The van der Waals surface area contributed by atoms with Gasteiger partial charge in [0.05, 0.1) is 19.3 Å². The third-order valence-corrected chi connectivity index (χ3v) is 1.81. The van der Waals surface area contributed by atoms with Gasteiger partial charge in [0, 0.05) is 6.54 Å². The first-order valence-electron chi connectivity index (χ1n) is 5.20. The van der Waals surface area contributed by atoms with Crippen LogP contribution in [0.3, 0.4) is 0 Å². The molecule has 0 fully saturated rings. The van der Waals surface area contributed by atoms with Gasteiger partial charge in [0.25, 0.3) is 0 Å². The summed E-state index contributed by atoms with van der Waals surface area (Å²) in [5.41, 5.74) is 0. The number of alkyl halides is 3. The van der Waals surface area contributed by atoms with Crippen molar-refractivity contribution in [1.82, 2.24) is 5.32 Å². The van der Waals surface area contributed by atoms with Crippen LogP contribution < -0.4 is 5.32 Å². The zero-order valence-electron chi connectivity index (χ0n) is 9.53. The molecule has 0 amide bonds. The van der Waals surface area contributed by atoms with Gasteiger partial charge in [0.15, 0.2) is 0 Å². The van der Waals surface area contributed by atoms with Crippen molar-refractivity contribution >= 4 is 0 Å². The average molecular weight is 227 g/mol. The Morgan fingerprint density at radius 2 is 1.80 bits per heavy atom. The highest BCUT2D eigenvalue weighted by Gasteiger charge is 2.25. The highest BCUT2D eigenvalue weighted by Crippen LogP contribution is 2.12. The third-order valence-electron chi connectivity index (χ3n) is 1.81. The highest BCUT2D eigenvalue weighted by atomic mass is 19.4. The van der Waals surface area contributed by atoms with Crippen LogP contribution in [-0.2, 0) is 4.74 Å². The van der Waals surface area contributed by atoms with Crippen molar-refractivity contribution in [1.29, 1.82) is 0 Å². The molecule has 15 heavy (non-hydrogen) atoms. The molecular formula is C10H20F3NO. The van der Waals surface area contributed by atoms with Gasteiger partial charge in [-0.3, -0.25) is 0 Å². The van der Waals surface area contributed by atoms with Gasteiger partial charge in [-0.25, -0.2) is 0 Å². The van der Waals surface area contributed by atoms with Gasteiger partial charge in [-0.1, -0.05) is 13.8 Å². The largest absolute Gasteiger partial charge is 0.401 e. The lowest BCUT2D eigenvalue weighted by Gasteiger charge is -2.15. The molecule has 1 atom stereocenters. The maximum Gasteiger partial charge on any atom is 0.401 e. The predicted molar refractivity (Wildman–Crippen MR) is 53.8 cm³/mol. The summed E-state index contributed by atoms with van der Waals surface area (Å²) in [4.78, 5) is 0. The van der Waals surface area contributed by atoms with Gasteiger partial charge >= 0.3 is 6.18 Å². The summed E-state index contributed by atoms with van der Waals surface area (Å²) in [6.07, 6.45) is -3.10. The molecular weight excluding hydrogens is 207 g/mol. The molecule has 2 nitrogen and oxygen atoms in total. The minimum absolute atomic E-state index is 0.109. The molecule has 0 spiro atoms. The predicted octanol–water partition coefficient (Wildman–Crippen LogP) is 2.59. The first-order chi connectivity index (χ1) is 6.81. The van der Waals surface area contributed by atoms with E-state index in [1.807, 2.05) is 6.92 Å². The Kier molecular flexibility index (Phi) is 6.92. The van der Waals surface area contributed by atoms with Crippen LogP contribution in [0, 0.1) is 5.92 Å². The second-order valence-electron chi connectivity index (χ2n) is 4.10. The molecule has 0 radical (unpaired) electrons. The lowest BCUT2D eigenvalue weighted by molar-refractivity contribution is -0.125. The number of halogens is 3. The van der Waals surface area contributed by atoms with Crippen molar-refractivity contribution in [3.8, 4) is 0 Å². The van der Waals surface area contributed by atoms with Gasteiger partial charge in [-0.05, 0) is 19.3 Å². The number of rotatable bonds is 7. The molecule has 0 saturated carbocycles. The Labute approximate surface area is 89.2 Å². The zero-order chi connectivity index (χ0) is 11.9. The molecule has 5 heteroatoms. The van der Waals surface area contributed by atoms with Crippen LogP contribution in [0.1, 0.15) is 27.2 Å². The first-order valence-corrected chi connectivity index (χ1v) is 5.20. The molecule has 0 aliphatic heterocycles. The molecule has 0 aromatic heterocycles. The fourth-order valence-electron chi connectivity index (χ4n) is 1.29. The second-order valence-corrected chi connectivity index (χ2v) is 4.10. The second kappa shape index (κ2) is 7.06. The van der Waals surface area contributed by atoms with Gasteiger partial charge in [-0.2, -0.15) is 13.2 Å². The summed E-state index contributed by atoms with van der Waals surface area (Å²) in [7, 11) is 0. The van der Waals surface area contributed by atoms with Crippen molar-refractivity contribution in [2.45, 2.75) is 39.5 Å². The maximum absolute atomic E-state index is 11.7. The molecule has 0 aliphatic carbocycles. The molecule has 0 saturated heterocycles. The average Bonchev–Trinajstić information content (AvgIpc) is 1.99. The van der Waals surface area contributed by atoms with Crippen LogP contribution >= 0.6 is 0 Å². The molecule has 0 heterocycles. The third kappa shape index (κ3) is 11.6. The van der Waals surface area contributed by atoms with Crippen molar-refractivity contribution in [3.63, 3.8) is 0 Å². The Hall–Kier alpha value is -0.290. The number of ether oxygens (including phenoxy) is 1. The quantitative estimate of drug-likeness (QED) is 0.675. The van der Waals surface area contributed by atoms with E-state index in [1.54, 1.807) is 0 Å². The number of hydrogen-bond donors (Lipinski definition) is 1. The van der Waals surface area contributed by atoms with Crippen LogP contribution in [0.25, 0.3) is 0 Å². The normalized spacial score (nSPS) is 14.6. The van der Waals surface area contributed by atoms with E-state index in [4.69, 9.17) is 4.74 Å². The van der Waals surface area contributed by atoms with E-state index in [2.05, 4.69) is 19.2 Å². The minimum atomic E-state index is -4.14. The molecule has 0 rings (SSSR count). The molecule has 0 aliphatic rings. The Morgan fingerprint density at radius 1 is 1.20 bits per heavy atom. The van der Waals surface area contributed by atoms with E-state index in [9.17, 15) is 13.2 Å². The summed E-state index contributed by atoms with van der Waals surface area (Å²) in [5.74, 6) is 0.545. The van der Waals surface area contributed by atoms with Crippen LogP contribution in [0.2, 0.25) is 0 Å². The standard InChI is InChI=1S/C10H20F3NO/c1-8(2)6-9(3)15-5-4-14-7-10(11,12)13/h8-9,14H,4-7H2,1-3H3. The first kappa shape index (κ1) is 14.7. The topological polar surface area (TPSA) is 21.3 Å². The Morgan fingerprint density at radius 3 is 2.27 bits per heavy atom. The van der Waals surface area contributed by atoms with Gasteiger partial charge < -0.3 is 10.1 Å². The van der Waals surface area contributed by atoms with Crippen molar-refractivity contribution < 1.29 is 17.9 Å². The number of nitrogens with one attached hydrogen (secondary N) is 1. The lowest BCUT2D eigenvalue weighted by atomic mass is 10.1. The van der Waals surface area contributed by atoms with Crippen molar-refractivity contribution in [2.75, 3.05) is 19.7 Å². The van der Waals surface area contributed by atoms with E-state index in [0.29, 0.717) is 12.5 Å². The maximum atomic E-state index is 11.7. The van der Waals surface area contributed by atoms with Gasteiger partial charge in [0.2, 0.25) is 0 Å². The lowest BCUT2D eigenvalue weighted by Crippen LogP contribution is -2.31. The van der Waals surface area contributed by atoms with Crippen molar-refractivity contribution in [3.05, 3.63) is 0 Å². The summed E-state index contributed by atoms with van der Waals surface area (Å²) in [6, 6.07) is 0. The molecule has 92 valence electrons. The van der Waals surface area contributed by atoms with Crippen LogP contribution in [0.4, 0.5) is 13.2 Å². The van der Waals surface area contributed by atoms with E-state index in [0.717, 1.165) is 6.42 Å². The smallest absolute Gasteiger partial charge is 0.377 e. The van der Waals surface area contributed by atoms with Crippen LogP contribution in [0.5, 0.6) is 0 Å². The fourth-order valence-corrected chi connectivity index (χ4v) is 1.29. The van der Waals surface area contributed by atoms with E-state index in [1.165, 1.54) is 0 Å². The van der Waals surface area contributed by atoms with E-state index < -0.39 is 12.7 Å². The molecule has 1 N–H and O–H groups in total. The fraction of sp³-hybridized carbons (Fsp3) is 1.00. The summed E-state index contributed by atoms with van der Waals surface area (Å²) >= 11 is 0. The molecule has 0 bridgehead atoms. The summed E-state index contributed by atoms with van der Waals surface area (Å²) in [5, 5.41) is 2.28. The summed E-state index contributed by atoms with van der Waals surface area (Å²) in [6.45, 7) is 5.72. The Bertz CT molecular complexity index is 159. The van der Waals surface area contributed by atoms with Crippen LogP contribution in [-0.4, -0.2) is 32.0 Å². The number of hydrogen-bond acceptors (Lipinski definition) is 2. The molecule has 0 aromatic rings. The van der Waals surface area contributed by atoms with E-state index in [-0.39, 0.29) is 12.6 Å². The summed E-state index contributed by atoms with van der Waals surface area (Å²) < 4.78 is 40.5. The van der Waals surface area contributed by atoms with Gasteiger partial charge in [-0.15, -0.1) is 0 Å². The molecule has 0 aromatic carbocycles. The highest BCUT2D eigenvalue weighted by molar-refractivity contribution is 4.57. The van der Waals surface area contributed by atoms with E-state index >= 15 is 0 Å². The monoisotopic (exact) mass is 227 g/mol. The molecule has 1 unspecified atom stereocenters. The zero-order valence-corrected chi connectivity index (χ0v) is 9.53. The van der Waals surface area contributed by atoms with Crippen LogP contribution in [0.15, 0.2) is 0 Å². The minimum Gasteiger partial charge on any atom is -0.377 e. The van der Waals surface area contributed by atoms with Gasteiger partial charge in [0.1, 0.15) is 0 Å². The Balaban J connectivity index is 3.31.